The lowest BCUT2D eigenvalue weighted by Gasteiger charge is -2.14. The number of para-hydroxylation sites is 2. The summed E-state index contributed by atoms with van der Waals surface area (Å²) in [7, 11) is 1.59. The Labute approximate surface area is 158 Å². The molecule has 0 fully saturated rings. The van der Waals surface area contributed by atoms with Crippen LogP contribution in [0.1, 0.15) is 12.0 Å². The van der Waals surface area contributed by atoms with Gasteiger partial charge in [0.25, 0.3) is 0 Å². The van der Waals surface area contributed by atoms with Gasteiger partial charge in [0.05, 0.1) is 17.3 Å². The van der Waals surface area contributed by atoms with Crippen LogP contribution in [0.25, 0.3) is 0 Å². The predicted octanol–water partition coefficient (Wildman–Crippen LogP) is 3.94. The summed E-state index contributed by atoms with van der Waals surface area (Å²) in [5.41, 5.74) is 8.08. The number of hydrogen-bond donors (Lipinski definition) is 2. The molecular formula is C18H22Cl2N2O3. The fourth-order valence-corrected chi connectivity index (χ4v) is 2.43. The van der Waals surface area contributed by atoms with Crippen LogP contribution in [0.5, 0.6) is 5.75 Å². The Morgan fingerprint density at radius 1 is 1.16 bits per heavy atom. The van der Waals surface area contributed by atoms with Crippen molar-refractivity contribution >= 4 is 41.3 Å². The van der Waals surface area contributed by atoms with Crippen LogP contribution in [-0.2, 0) is 16.0 Å². The van der Waals surface area contributed by atoms with Crippen LogP contribution in [0, 0.1) is 0 Å². The number of amides is 1. The molecule has 7 heteroatoms. The normalized spacial score (nSPS) is 10.0. The van der Waals surface area contributed by atoms with E-state index in [9.17, 15) is 4.79 Å². The van der Waals surface area contributed by atoms with Crippen molar-refractivity contribution in [2.45, 2.75) is 12.8 Å². The standard InChI is InChI=1S/C18H21ClN2O3.ClH/c1-23-11-12-24-18-14(19)6-4-8-16(18)21-17(22)10-9-13-5-2-3-7-15(13)20;/h2-8H,9-12,20H2,1H3,(H,21,22);1H. The van der Waals surface area contributed by atoms with Crippen molar-refractivity contribution in [1.82, 2.24) is 0 Å². The highest BCUT2D eigenvalue weighted by Crippen LogP contribution is 2.33. The van der Waals surface area contributed by atoms with E-state index < -0.39 is 0 Å². The molecule has 0 saturated heterocycles. The van der Waals surface area contributed by atoms with E-state index in [-0.39, 0.29) is 18.3 Å². The number of nitrogens with one attached hydrogen (secondary N) is 1. The first-order chi connectivity index (χ1) is 11.6. The van der Waals surface area contributed by atoms with Crippen LogP contribution >= 0.6 is 24.0 Å². The Morgan fingerprint density at radius 2 is 1.92 bits per heavy atom. The van der Waals surface area contributed by atoms with Gasteiger partial charge in [-0.3, -0.25) is 4.79 Å². The molecule has 0 unspecified atom stereocenters. The van der Waals surface area contributed by atoms with Gasteiger partial charge < -0.3 is 20.5 Å². The number of methoxy groups -OCH3 is 1. The number of aryl methyl sites for hydroxylation is 1. The number of anilines is 2. The SMILES string of the molecule is COCCOc1c(Cl)cccc1NC(=O)CCc1ccccc1N.Cl. The van der Waals surface area contributed by atoms with E-state index in [1.807, 2.05) is 24.3 Å². The van der Waals surface area contributed by atoms with Crippen molar-refractivity contribution in [3.63, 3.8) is 0 Å². The van der Waals surface area contributed by atoms with Crippen LogP contribution in [0.15, 0.2) is 42.5 Å². The lowest BCUT2D eigenvalue weighted by Crippen LogP contribution is -2.14. The first-order valence-electron chi connectivity index (χ1n) is 7.65. The topological polar surface area (TPSA) is 73.6 Å². The van der Waals surface area contributed by atoms with Gasteiger partial charge in [0.15, 0.2) is 5.75 Å². The second-order valence-corrected chi connectivity index (χ2v) is 5.61. The van der Waals surface area contributed by atoms with E-state index in [2.05, 4.69) is 5.32 Å². The van der Waals surface area contributed by atoms with Gasteiger partial charge in [0.2, 0.25) is 5.91 Å². The van der Waals surface area contributed by atoms with E-state index in [4.69, 9.17) is 26.8 Å². The summed E-state index contributed by atoms with van der Waals surface area (Å²) in [5.74, 6) is 0.320. The van der Waals surface area contributed by atoms with Crippen molar-refractivity contribution in [2.75, 3.05) is 31.4 Å². The van der Waals surface area contributed by atoms with Gasteiger partial charge in [0.1, 0.15) is 6.61 Å². The van der Waals surface area contributed by atoms with Gasteiger partial charge in [-0.15, -0.1) is 12.4 Å². The third kappa shape index (κ3) is 6.46. The fraction of sp³-hybridized carbons (Fsp3) is 0.278. The number of hydrogen-bond acceptors (Lipinski definition) is 4. The fourth-order valence-electron chi connectivity index (χ4n) is 2.20. The number of carbonyl (C=O) groups is 1. The molecule has 0 atom stereocenters. The highest BCUT2D eigenvalue weighted by Gasteiger charge is 2.12. The zero-order valence-electron chi connectivity index (χ0n) is 14.0. The van der Waals surface area contributed by atoms with Gasteiger partial charge in [-0.2, -0.15) is 0 Å². The summed E-state index contributed by atoms with van der Waals surface area (Å²) in [6.45, 7) is 0.787. The zero-order chi connectivity index (χ0) is 17.4. The number of nitrogen functional groups attached to an aromatic ring is 1. The summed E-state index contributed by atoms with van der Waals surface area (Å²) < 4.78 is 10.6. The Bertz CT molecular complexity index is 696. The quantitative estimate of drug-likeness (QED) is 0.533. The minimum atomic E-state index is -0.128. The highest BCUT2D eigenvalue weighted by molar-refractivity contribution is 6.32. The number of carbonyl (C=O) groups excluding carboxylic acids is 1. The Morgan fingerprint density at radius 3 is 2.64 bits per heavy atom. The van der Waals surface area contributed by atoms with Crippen LogP contribution < -0.4 is 15.8 Å². The second kappa shape index (κ2) is 10.8. The molecule has 0 aliphatic heterocycles. The average molecular weight is 385 g/mol. The number of rotatable bonds is 8. The van der Waals surface area contributed by atoms with Gasteiger partial charge in [-0.25, -0.2) is 0 Å². The summed E-state index contributed by atoms with van der Waals surface area (Å²) >= 11 is 6.15. The average Bonchev–Trinajstić information content (AvgIpc) is 2.57. The molecule has 0 aromatic heterocycles. The summed E-state index contributed by atoms with van der Waals surface area (Å²) in [6, 6.07) is 12.7. The zero-order valence-corrected chi connectivity index (χ0v) is 15.5. The Hall–Kier alpha value is -1.95. The second-order valence-electron chi connectivity index (χ2n) is 5.20. The molecule has 0 radical (unpaired) electrons. The Kier molecular flexibility index (Phi) is 9.13. The minimum absolute atomic E-state index is 0. The first-order valence-corrected chi connectivity index (χ1v) is 8.03. The van der Waals surface area contributed by atoms with E-state index in [1.54, 1.807) is 25.3 Å². The van der Waals surface area contributed by atoms with Gasteiger partial charge >= 0.3 is 0 Å². The number of benzene rings is 2. The lowest BCUT2D eigenvalue weighted by molar-refractivity contribution is -0.116. The molecule has 25 heavy (non-hydrogen) atoms. The van der Waals surface area contributed by atoms with Crippen LogP contribution in [0.2, 0.25) is 5.02 Å². The summed E-state index contributed by atoms with van der Waals surface area (Å²) in [4.78, 5) is 12.2. The molecule has 3 N–H and O–H groups in total. The van der Waals surface area contributed by atoms with Crippen LogP contribution in [0.3, 0.4) is 0 Å². The third-order valence-electron chi connectivity index (χ3n) is 3.45. The summed E-state index contributed by atoms with van der Waals surface area (Å²) in [5, 5.41) is 3.28. The largest absolute Gasteiger partial charge is 0.487 e. The van der Waals surface area contributed by atoms with E-state index in [0.29, 0.717) is 48.2 Å². The summed E-state index contributed by atoms with van der Waals surface area (Å²) in [6.07, 6.45) is 0.886. The molecule has 0 heterocycles. The van der Waals surface area contributed by atoms with Crippen molar-refractivity contribution < 1.29 is 14.3 Å². The van der Waals surface area contributed by atoms with E-state index in [1.165, 1.54) is 0 Å². The molecule has 0 saturated carbocycles. The van der Waals surface area contributed by atoms with E-state index >= 15 is 0 Å². The van der Waals surface area contributed by atoms with Crippen LogP contribution in [-0.4, -0.2) is 26.2 Å². The van der Waals surface area contributed by atoms with Crippen molar-refractivity contribution in [1.29, 1.82) is 0 Å². The van der Waals surface area contributed by atoms with Gasteiger partial charge in [-0.05, 0) is 30.2 Å². The predicted molar refractivity (Wildman–Crippen MR) is 104 cm³/mol. The molecule has 136 valence electrons. The van der Waals surface area contributed by atoms with Crippen molar-refractivity contribution in [3.05, 3.63) is 53.1 Å². The van der Waals surface area contributed by atoms with Crippen molar-refractivity contribution in [3.8, 4) is 5.75 Å². The molecule has 1 amide bonds. The molecule has 0 aliphatic rings. The highest BCUT2D eigenvalue weighted by atomic mass is 35.5. The maximum atomic E-state index is 12.2. The number of ether oxygens (including phenoxy) is 2. The maximum Gasteiger partial charge on any atom is 0.224 e. The molecule has 0 aliphatic carbocycles. The Balaban J connectivity index is 0.00000312. The first kappa shape index (κ1) is 21.1. The monoisotopic (exact) mass is 384 g/mol. The molecule has 2 rings (SSSR count). The molecule has 5 nitrogen and oxygen atoms in total. The van der Waals surface area contributed by atoms with Crippen molar-refractivity contribution in [2.24, 2.45) is 0 Å². The third-order valence-corrected chi connectivity index (χ3v) is 3.75. The minimum Gasteiger partial charge on any atom is -0.487 e. The number of nitrogens with two attached hydrogens (primary N) is 1. The molecule has 2 aromatic carbocycles. The number of halogens is 2. The molecule has 0 bridgehead atoms. The maximum absolute atomic E-state index is 12.2. The van der Waals surface area contributed by atoms with Gasteiger partial charge in [0, 0.05) is 19.2 Å². The molecule has 0 spiro atoms. The molecule has 2 aromatic rings. The van der Waals surface area contributed by atoms with Crippen LogP contribution in [0.4, 0.5) is 11.4 Å². The van der Waals surface area contributed by atoms with Gasteiger partial charge in [-0.1, -0.05) is 35.9 Å². The smallest absolute Gasteiger partial charge is 0.224 e. The van der Waals surface area contributed by atoms with E-state index in [0.717, 1.165) is 5.56 Å². The lowest BCUT2D eigenvalue weighted by atomic mass is 10.1. The molecular weight excluding hydrogens is 363 g/mol.